The Kier molecular flexibility index (Phi) is 6.65. The van der Waals surface area contributed by atoms with Gasteiger partial charge < -0.3 is 9.84 Å². The average Bonchev–Trinajstić information content (AvgIpc) is 3.25. The molecular formula is C29H34Br2N2O6. The molecule has 39 heavy (non-hydrogen) atoms. The van der Waals surface area contributed by atoms with Crippen LogP contribution in [-0.4, -0.2) is 56.7 Å². The molecular weight excluding hydrogens is 632 g/mol. The van der Waals surface area contributed by atoms with E-state index in [-0.39, 0.29) is 41.0 Å². The number of carbonyl (C=O) groups excluding carboxylic acids is 4. The zero-order chi connectivity index (χ0) is 28.9. The number of benzene rings is 1. The van der Waals surface area contributed by atoms with Crippen molar-refractivity contribution in [2.24, 2.45) is 29.6 Å². The third-order valence-corrected chi connectivity index (χ3v) is 10.9. The summed E-state index contributed by atoms with van der Waals surface area (Å²) in [6.45, 7) is 11.1. The number of halogens is 2. The maximum Gasteiger partial charge on any atom is 0.234 e. The Hall–Kier alpha value is -2.20. The lowest BCUT2D eigenvalue weighted by Crippen LogP contribution is -2.47. The van der Waals surface area contributed by atoms with Gasteiger partial charge in [0.25, 0.3) is 0 Å². The number of phenols is 1. The Morgan fingerprint density at radius 1 is 0.821 bits per heavy atom. The molecule has 2 heterocycles. The zero-order valence-electron chi connectivity index (χ0n) is 23.2. The SMILES string of the molecule is COc1cc([C@H]2C3=CC[C@@H]4C(=O)N(C(C)(C)C)C(=O)[C@@H]4[C@@H]3C[C@H]3C(=O)N(C(C)(C)C)C(=O)[C@@H]23)c(Br)c(Br)c1O. The normalized spacial score (nSPS) is 30.8. The average molecular weight is 666 g/mol. The van der Waals surface area contributed by atoms with Gasteiger partial charge in [-0.2, -0.15) is 0 Å². The molecule has 8 nitrogen and oxygen atoms in total. The Bertz CT molecular complexity index is 1340. The fraction of sp³-hybridized carbons (Fsp3) is 0.586. The van der Waals surface area contributed by atoms with Gasteiger partial charge in [0.05, 0.1) is 35.3 Å². The van der Waals surface area contributed by atoms with Crippen LogP contribution in [0.4, 0.5) is 0 Å². The fourth-order valence-corrected chi connectivity index (χ4v) is 8.23. The van der Waals surface area contributed by atoms with E-state index in [0.29, 0.717) is 27.4 Å². The number of hydrogen-bond donors (Lipinski definition) is 1. The largest absolute Gasteiger partial charge is 0.503 e. The first-order chi connectivity index (χ1) is 18.0. The highest BCUT2D eigenvalue weighted by atomic mass is 79.9. The maximum atomic E-state index is 14.0. The second-order valence-electron chi connectivity index (χ2n) is 13.0. The van der Waals surface area contributed by atoms with E-state index >= 15 is 0 Å². The molecule has 0 aromatic heterocycles. The molecule has 0 unspecified atom stereocenters. The standard InChI is InChI=1S/C29H34Br2N2O6/c1-28(2,3)32-24(35)13-9-8-12-14(19(13)26(32)37)10-16-20(27(38)33(25(16)36)29(4,5)6)18(12)15-11-17(39-7)23(34)22(31)21(15)30/h8,11,13-14,16,18-20,34H,9-10H2,1-7H3/t13-,14+,16+,18+,19-,20+/m0/s1. The van der Waals surface area contributed by atoms with Crippen LogP contribution in [0.3, 0.4) is 0 Å². The number of nitrogens with zero attached hydrogens (tertiary/aromatic N) is 2. The molecule has 0 radical (unpaired) electrons. The lowest BCUT2D eigenvalue weighted by atomic mass is 9.57. The summed E-state index contributed by atoms with van der Waals surface area (Å²) in [5, 5.41) is 10.6. The number of ether oxygens (including phenoxy) is 1. The van der Waals surface area contributed by atoms with E-state index in [2.05, 4.69) is 31.9 Å². The van der Waals surface area contributed by atoms with Gasteiger partial charge in [0.15, 0.2) is 11.5 Å². The Labute approximate surface area is 245 Å². The van der Waals surface area contributed by atoms with Gasteiger partial charge in [0, 0.05) is 21.5 Å². The molecule has 5 rings (SSSR count). The smallest absolute Gasteiger partial charge is 0.234 e. The number of allylic oxidation sites excluding steroid dienone is 2. The number of rotatable bonds is 2. The molecule has 0 bridgehead atoms. The Morgan fingerprint density at radius 2 is 1.36 bits per heavy atom. The highest BCUT2D eigenvalue weighted by Gasteiger charge is 2.63. The first-order valence-electron chi connectivity index (χ1n) is 13.2. The molecule has 10 heteroatoms. The molecule has 3 fully saturated rings. The summed E-state index contributed by atoms with van der Waals surface area (Å²) in [7, 11) is 1.45. The van der Waals surface area contributed by atoms with Gasteiger partial charge in [0.1, 0.15) is 0 Å². The highest BCUT2D eigenvalue weighted by Crippen LogP contribution is 2.60. The monoisotopic (exact) mass is 664 g/mol. The summed E-state index contributed by atoms with van der Waals surface area (Å²) < 4.78 is 6.37. The number of aromatic hydroxyl groups is 1. The molecule has 2 aliphatic heterocycles. The Morgan fingerprint density at radius 3 is 1.90 bits per heavy atom. The zero-order valence-corrected chi connectivity index (χ0v) is 26.3. The number of fused-ring (bicyclic) bond motifs is 4. The first-order valence-corrected chi connectivity index (χ1v) is 14.8. The number of methoxy groups -OCH3 is 1. The predicted molar refractivity (Wildman–Crippen MR) is 151 cm³/mol. The number of hydrogen-bond acceptors (Lipinski definition) is 6. The number of amides is 4. The van der Waals surface area contributed by atoms with Gasteiger partial charge in [-0.1, -0.05) is 11.6 Å². The van der Waals surface area contributed by atoms with Crippen molar-refractivity contribution in [3.8, 4) is 11.5 Å². The van der Waals surface area contributed by atoms with Crippen LogP contribution in [0.2, 0.25) is 0 Å². The van der Waals surface area contributed by atoms with Crippen molar-refractivity contribution in [3.05, 3.63) is 32.2 Å². The van der Waals surface area contributed by atoms with Gasteiger partial charge >= 0.3 is 0 Å². The minimum absolute atomic E-state index is 0.0859. The van der Waals surface area contributed by atoms with Crippen LogP contribution in [0.15, 0.2) is 26.7 Å². The van der Waals surface area contributed by atoms with Crippen molar-refractivity contribution in [2.75, 3.05) is 7.11 Å². The third-order valence-electron chi connectivity index (χ3n) is 8.72. The molecule has 6 atom stereocenters. The fourth-order valence-electron chi connectivity index (χ4n) is 7.25. The lowest BCUT2D eigenvalue weighted by Gasteiger charge is -2.44. The van der Waals surface area contributed by atoms with E-state index in [4.69, 9.17) is 4.74 Å². The van der Waals surface area contributed by atoms with Crippen LogP contribution in [-0.2, 0) is 19.2 Å². The number of imide groups is 2. The molecule has 4 amide bonds. The maximum absolute atomic E-state index is 14.0. The van der Waals surface area contributed by atoms with Gasteiger partial charge in [-0.05, 0) is 104 Å². The first kappa shape index (κ1) is 28.3. The van der Waals surface area contributed by atoms with Gasteiger partial charge in [-0.25, -0.2) is 0 Å². The molecule has 1 N–H and O–H groups in total. The highest BCUT2D eigenvalue weighted by molar-refractivity contribution is 9.13. The van der Waals surface area contributed by atoms with Gasteiger partial charge in [-0.3, -0.25) is 29.0 Å². The third kappa shape index (κ3) is 4.03. The molecule has 210 valence electrons. The van der Waals surface area contributed by atoms with E-state index in [0.717, 1.165) is 5.57 Å². The molecule has 2 aliphatic carbocycles. The number of carbonyl (C=O) groups is 4. The molecule has 1 aromatic rings. The topological polar surface area (TPSA) is 104 Å². The molecule has 0 spiro atoms. The van der Waals surface area contributed by atoms with Crippen LogP contribution in [0.5, 0.6) is 11.5 Å². The van der Waals surface area contributed by atoms with E-state index in [1.54, 1.807) is 6.07 Å². The number of likely N-dealkylation sites (tertiary alicyclic amines) is 2. The van der Waals surface area contributed by atoms with Crippen LogP contribution < -0.4 is 4.74 Å². The summed E-state index contributed by atoms with van der Waals surface area (Å²) in [5.41, 5.74) is 0.196. The van der Waals surface area contributed by atoms with Crippen molar-refractivity contribution in [1.29, 1.82) is 0 Å². The van der Waals surface area contributed by atoms with Gasteiger partial charge in [0.2, 0.25) is 23.6 Å². The molecule has 2 saturated heterocycles. The van der Waals surface area contributed by atoms with Crippen LogP contribution in [0, 0.1) is 29.6 Å². The molecule has 1 saturated carbocycles. The summed E-state index contributed by atoms with van der Waals surface area (Å²) in [5.74, 6) is -4.06. The second kappa shape index (κ2) is 9.16. The molecule has 4 aliphatic rings. The summed E-state index contributed by atoms with van der Waals surface area (Å²) in [6, 6.07) is 1.70. The molecule has 1 aromatic carbocycles. The predicted octanol–water partition coefficient (Wildman–Crippen LogP) is 5.16. The quantitative estimate of drug-likeness (QED) is 0.346. The summed E-state index contributed by atoms with van der Waals surface area (Å²) >= 11 is 7.07. The van der Waals surface area contributed by atoms with Crippen molar-refractivity contribution in [1.82, 2.24) is 9.80 Å². The van der Waals surface area contributed by atoms with Crippen LogP contribution in [0.1, 0.15) is 65.9 Å². The minimum Gasteiger partial charge on any atom is -0.503 e. The summed E-state index contributed by atoms with van der Waals surface area (Å²) in [4.78, 5) is 58.0. The lowest BCUT2D eigenvalue weighted by molar-refractivity contribution is -0.147. The van der Waals surface area contributed by atoms with Crippen molar-refractivity contribution < 1.29 is 29.0 Å². The van der Waals surface area contributed by atoms with Crippen LogP contribution in [0.25, 0.3) is 0 Å². The second-order valence-corrected chi connectivity index (χ2v) is 14.6. The van der Waals surface area contributed by atoms with Crippen molar-refractivity contribution in [3.63, 3.8) is 0 Å². The summed E-state index contributed by atoms with van der Waals surface area (Å²) in [6.07, 6.45) is 2.73. The van der Waals surface area contributed by atoms with E-state index in [9.17, 15) is 24.3 Å². The van der Waals surface area contributed by atoms with Crippen molar-refractivity contribution in [2.45, 2.75) is 71.4 Å². The van der Waals surface area contributed by atoms with Gasteiger partial charge in [-0.15, -0.1) is 0 Å². The van der Waals surface area contributed by atoms with E-state index in [1.165, 1.54) is 16.9 Å². The van der Waals surface area contributed by atoms with Crippen molar-refractivity contribution >= 4 is 55.5 Å². The minimum atomic E-state index is -0.717. The number of phenolic OH excluding ortho intramolecular Hbond substituents is 1. The van der Waals surface area contributed by atoms with E-state index < -0.39 is 40.7 Å². The van der Waals surface area contributed by atoms with Crippen LogP contribution >= 0.6 is 31.9 Å². The van der Waals surface area contributed by atoms with E-state index in [1.807, 2.05) is 47.6 Å². The Balaban J connectivity index is 1.72.